The molecule has 0 saturated carbocycles. The summed E-state index contributed by atoms with van der Waals surface area (Å²) in [4.78, 5) is 34.8. The maximum atomic E-state index is 12.4. The Labute approximate surface area is 163 Å². The number of alkyl halides is 2. The number of nitrogens with one attached hydrogen (secondary N) is 1. The predicted octanol–water partition coefficient (Wildman–Crippen LogP) is 3.39. The van der Waals surface area contributed by atoms with Crippen LogP contribution < -0.4 is 14.8 Å². The van der Waals surface area contributed by atoms with Gasteiger partial charge < -0.3 is 19.5 Å². The van der Waals surface area contributed by atoms with Gasteiger partial charge in [0.15, 0.2) is 17.6 Å². The summed E-state index contributed by atoms with van der Waals surface area (Å²) in [5.74, 6) is -2.13. The van der Waals surface area contributed by atoms with Crippen LogP contribution in [0, 0.1) is 10.1 Å². The first-order chi connectivity index (χ1) is 13.7. The van der Waals surface area contributed by atoms with Crippen molar-refractivity contribution >= 4 is 23.3 Å². The number of nitro benzene ring substituents is 1. The highest BCUT2D eigenvalue weighted by Gasteiger charge is 2.23. The number of nitrogens with zero attached hydrogens (tertiary/aromatic N) is 1. The fourth-order valence-corrected chi connectivity index (χ4v) is 2.24. The number of carbonyl (C=O) groups excluding carboxylic acids is 2. The molecule has 0 aromatic heterocycles. The lowest BCUT2D eigenvalue weighted by atomic mass is 10.2. The van der Waals surface area contributed by atoms with Crippen molar-refractivity contribution in [3.05, 3.63) is 58.1 Å². The average Bonchev–Trinajstić information content (AvgIpc) is 2.67. The Morgan fingerprint density at radius 1 is 1.14 bits per heavy atom. The quantitative estimate of drug-likeness (QED) is 0.403. The van der Waals surface area contributed by atoms with E-state index in [0.717, 1.165) is 18.2 Å². The molecule has 0 fully saturated rings. The zero-order valence-electron chi connectivity index (χ0n) is 15.3. The van der Waals surface area contributed by atoms with Crippen LogP contribution >= 0.6 is 0 Å². The van der Waals surface area contributed by atoms with Crippen LogP contribution in [0.15, 0.2) is 42.5 Å². The molecule has 0 aliphatic carbocycles. The number of hydrogen-bond donors (Lipinski definition) is 1. The van der Waals surface area contributed by atoms with E-state index in [4.69, 9.17) is 9.47 Å². The second-order valence-electron chi connectivity index (χ2n) is 5.56. The lowest BCUT2D eigenvalue weighted by Gasteiger charge is -2.15. The molecule has 0 heterocycles. The standard InChI is InChI=1S/C18H16F2N2O7/c1-10(16(23)21-12-5-3-4-6-13(12)22(25)26)28-17(24)11-7-8-14(29-18(19)20)15(9-11)27-2/h3-10,18H,1-2H3,(H,21,23)/t10-/m0/s1. The number of benzene rings is 2. The third-order valence-electron chi connectivity index (χ3n) is 3.63. The minimum atomic E-state index is -3.08. The number of para-hydroxylation sites is 2. The van der Waals surface area contributed by atoms with Crippen molar-refractivity contribution in [2.45, 2.75) is 19.6 Å². The number of amides is 1. The lowest BCUT2D eigenvalue weighted by Crippen LogP contribution is -2.30. The molecule has 2 aromatic rings. The molecule has 1 amide bonds. The number of esters is 1. The molecule has 0 radical (unpaired) electrons. The molecule has 0 bridgehead atoms. The van der Waals surface area contributed by atoms with Crippen molar-refractivity contribution in [2.24, 2.45) is 0 Å². The van der Waals surface area contributed by atoms with Crippen LogP contribution in [-0.2, 0) is 9.53 Å². The third kappa shape index (κ3) is 5.61. The van der Waals surface area contributed by atoms with Gasteiger partial charge in [0, 0.05) is 6.07 Å². The Balaban J connectivity index is 2.08. The van der Waals surface area contributed by atoms with Gasteiger partial charge in [0.05, 0.1) is 17.6 Å². The summed E-state index contributed by atoms with van der Waals surface area (Å²) in [5, 5.41) is 13.3. The molecule has 11 heteroatoms. The number of methoxy groups -OCH3 is 1. The van der Waals surface area contributed by atoms with E-state index in [1.807, 2.05) is 0 Å². The highest BCUT2D eigenvalue weighted by atomic mass is 19.3. The van der Waals surface area contributed by atoms with E-state index in [2.05, 4.69) is 10.1 Å². The van der Waals surface area contributed by atoms with Crippen molar-refractivity contribution in [3.8, 4) is 11.5 Å². The normalized spacial score (nSPS) is 11.5. The van der Waals surface area contributed by atoms with Gasteiger partial charge in [-0.05, 0) is 31.2 Å². The third-order valence-corrected chi connectivity index (χ3v) is 3.63. The van der Waals surface area contributed by atoms with Crippen molar-refractivity contribution in [2.75, 3.05) is 12.4 Å². The summed E-state index contributed by atoms with van der Waals surface area (Å²) in [6, 6.07) is 8.85. The second-order valence-corrected chi connectivity index (χ2v) is 5.56. The first-order valence-electron chi connectivity index (χ1n) is 8.11. The highest BCUT2D eigenvalue weighted by Crippen LogP contribution is 2.30. The molecule has 1 N–H and O–H groups in total. The van der Waals surface area contributed by atoms with Crippen LogP contribution in [0.1, 0.15) is 17.3 Å². The molecule has 2 rings (SSSR count). The topological polar surface area (TPSA) is 117 Å². The monoisotopic (exact) mass is 410 g/mol. The molecular formula is C18H16F2N2O7. The van der Waals surface area contributed by atoms with Gasteiger partial charge in [-0.1, -0.05) is 12.1 Å². The SMILES string of the molecule is COc1cc(C(=O)O[C@@H](C)C(=O)Nc2ccccc2[N+](=O)[O-])ccc1OC(F)F. The van der Waals surface area contributed by atoms with Gasteiger partial charge in [0.2, 0.25) is 0 Å². The predicted molar refractivity (Wildman–Crippen MR) is 96.2 cm³/mol. The van der Waals surface area contributed by atoms with Crippen LogP contribution in [0.5, 0.6) is 11.5 Å². The molecule has 9 nitrogen and oxygen atoms in total. The first kappa shape index (κ1) is 21.5. The lowest BCUT2D eigenvalue weighted by molar-refractivity contribution is -0.383. The minimum Gasteiger partial charge on any atom is -0.493 e. The van der Waals surface area contributed by atoms with Crippen molar-refractivity contribution in [1.29, 1.82) is 0 Å². The fraction of sp³-hybridized carbons (Fsp3) is 0.222. The molecule has 0 aliphatic heterocycles. The average molecular weight is 410 g/mol. The Kier molecular flexibility index (Phi) is 7.01. The van der Waals surface area contributed by atoms with Gasteiger partial charge in [-0.2, -0.15) is 8.78 Å². The summed E-state index contributed by atoms with van der Waals surface area (Å²) in [6.07, 6.45) is -1.30. The van der Waals surface area contributed by atoms with Crippen LogP contribution in [0.2, 0.25) is 0 Å². The van der Waals surface area contributed by atoms with Crippen LogP contribution in [0.25, 0.3) is 0 Å². The van der Waals surface area contributed by atoms with Gasteiger partial charge in [0.25, 0.3) is 11.6 Å². The van der Waals surface area contributed by atoms with E-state index in [9.17, 15) is 28.5 Å². The van der Waals surface area contributed by atoms with Crippen LogP contribution in [0.3, 0.4) is 0 Å². The van der Waals surface area contributed by atoms with E-state index in [-0.39, 0.29) is 28.4 Å². The fourth-order valence-electron chi connectivity index (χ4n) is 2.24. The number of carbonyl (C=O) groups is 2. The molecule has 0 saturated heterocycles. The summed E-state index contributed by atoms with van der Waals surface area (Å²) >= 11 is 0. The largest absolute Gasteiger partial charge is 0.493 e. The van der Waals surface area contributed by atoms with E-state index in [0.29, 0.717) is 0 Å². The van der Waals surface area contributed by atoms with Crippen molar-refractivity contribution in [1.82, 2.24) is 0 Å². The maximum Gasteiger partial charge on any atom is 0.387 e. The molecule has 2 aromatic carbocycles. The van der Waals surface area contributed by atoms with E-state index in [1.165, 1.54) is 38.3 Å². The molecule has 0 aliphatic rings. The first-order valence-corrected chi connectivity index (χ1v) is 8.11. The van der Waals surface area contributed by atoms with E-state index in [1.54, 1.807) is 0 Å². The second kappa shape index (κ2) is 9.44. The molecular weight excluding hydrogens is 394 g/mol. The molecule has 0 spiro atoms. The van der Waals surface area contributed by atoms with E-state index >= 15 is 0 Å². The van der Waals surface area contributed by atoms with E-state index < -0.39 is 29.5 Å². The van der Waals surface area contributed by atoms with Gasteiger partial charge >= 0.3 is 12.6 Å². The van der Waals surface area contributed by atoms with Crippen LogP contribution in [-0.4, -0.2) is 36.6 Å². The molecule has 0 unspecified atom stereocenters. The number of rotatable bonds is 8. The van der Waals surface area contributed by atoms with Gasteiger partial charge in [0.1, 0.15) is 5.69 Å². The van der Waals surface area contributed by atoms with Gasteiger partial charge in [-0.3, -0.25) is 14.9 Å². The van der Waals surface area contributed by atoms with Gasteiger partial charge in [-0.25, -0.2) is 4.79 Å². The Hall–Kier alpha value is -3.76. The number of hydrogen-bond acceptors (Lipinski definition) is 7. The zero-order chi connectivity index (χ0) is 21.6. The maximum absolute atomic E-state index is 12.4. The number of anilines is 1. The summed E-state index contributed by atoms with van der Waals surface area (Å²) < 4.78 is 38.9. The summed E-state index contributed by atoms with van der Waals surface area (Å²) in [5.41, 5.74) is -0.451. The zero-order valence-corrected chi connectivity index (χ0v) is 15.3. The molecule has 1 atom stereocenters. The number of halogens is 2. The molecule has 154 valence electrons. The Morgan fingerprint density at radius 3 is 2.45 bits per heavy atom. The minimum absolute atomic E-state index is 0.0550. The highest BCUT2D eigenvalue weighted by molar-refractivity contribution is 5.98. The smallest absolute Gasteiger partial charge is 0.387 e. The molecule has 29 heavy (non-hydrogen) atoms. The number of nitro groups is 1. The summed E-state index contributed by atoms with van der Waals surface area (Å²) in [6.45, 7) is -1.81. The Morgan fingerprint density at radius 2 is 1.83 bits per heavy atom. The van der Waals surface area contributed by atoms with Gasteiger partial charge in [-0.15, -0.1) is 0 Å². The number of ether oxygens (including phenoxy) is 3. The summed E-state index contributed by atoms with van der Waals surface area (Å²) in [7, 11) is 1.20. The van der Waals surface area contributed by atoms with Crippen molar-refractivity contribution < 1.29 is 37.5 Å². The van der Waals surface area contributed by atoms with Crippen LogP contribution in [0.4, 0.5) is 20.2 Å². The Bertz CT molecular complexity index is 921. The van der Waals surface area contributed by atoms with Crippen molar-refractivity contribution in [3.63, 3.8) is 0 Å².